The van der Waals surface area contributed by atoms with Crippen molar-refractivity contribution >= 4 is 18.3 Å². The lowest BCUT2D eigenvalue weighted by molar-refractivity contribution is -0.128. The minimum absolute atomic E-state index is 0. The van der Waals surface area contributed by atoms with Crippen LogP contribution in [0.3, 0.4) is 0 Å². The predicted octanol–water partition coefficient (Wildman–Crippen LogP) is 1.76. The molecule has 0 aliphatic rings. The fraction of sp³-hybridized carbons (Fsp3) is 0.500. The Morgan fingerprint density at radius 1 is 1.42 bits per heavy atom. The molecule has 0 saturated heterocycles. The van der Waals surface area contributed by atoms with Crippen molar-refractivity contribution in [1.29, 1.82) is 0 Å². The highest BCUT2D eigenvalue weighted by Gasteiger charge is 2.24. The highest BCUT2D eigenvalue weighted by molar-refractivity contribution is 5.85. The molecule has 0 spiro atoms. The predicted molar refractivity (Wildman–Crippen MR) is 79.8 cm³/mol. The fourth-order valence-corrected chi connectivity index (χ4v) is 1.48. The summed E-state index contributed by atoms with van der Waals surface area (Å²) in [6.45, 7) is 4.63. The second-order valence-corrected chi connectivity index (χ2v) is 4.95. The summed E-state index contributed by atoms with van der Waals surface area (Å²) in [7, 11) is 1.64. The van der Waals surface area contributed by atoms with Crippen LogP contribution in [0.1, 0.15) is 19.4 Å². The van der Waals surface area contributed by atoms with Crippen LogP contribution in [0.15, 0.2) is 24.3 Å². The molecule has 0 bridgehead atoms. The van der Waals surface area contributed by atoms with Crippen LogP contribution < -0.4 is 15.8 Å². The van der Waals surface area contributed by atoms with Gasteiger partial charge >= 0.3 is 0 Å². The highest BCUT2D eigenvalue weighted by Crippen LogP contribution is 2.14. The molecular weight excluding hydrogens is 264 g/mol. The molecule has 5 heteroatoms. The van der Waals surface area contributed by atoms with Crippen molar-refractivity contribution in [2.75, 3.05) is 20.2 Å². The van der Waals surface area contributed by atoms with Crippen LogP contribution in [0.5, 0.6) is 5.75 Å². The van der Waals surface area contributed by atoms with Gasteiger partial charge in [0.2, 0.25) is 5.91 Å². The molecule has 1 rings (SSSR count). The van der Waals surface area contributed by atoms with Crippen LogP contribution in [-0.2, 0) is 11.2 Å². The molecule has 0 aliphatic carbocycles. The van der Waals surface area contributed by atoms with E-state index in [0.29, 0.717) is 13.1 Å². The molecule has 0 unspecified atom stereocenters. The maximum Gasteiger partial charge on any atom is 0.226 e. The van der Waals surface area contributed by atoms with Gasteiger partial charge in [0.15, 0.2) is 0 Å². The smallest absolute Gasteiger partial charge is 0.226 e. The highest BCUT2D eigenvalue weighted by atomic mass is 35.5. The van der Waals surface area contributed by atoms with Crippen LogP contribution >= 0.6 is 12.4 Å². The summed E-state index contributed by atoms with van der Waals surface area (Å²) in [5.74, 6) is 0.828. The number of rotatable bonds is 6. The largest absolute Gasteiger partial charge is 0.497 e. The third-order valence-electron chi connectivity index (χ3n) is 2.96. The van der Waals surface area contributed by atoms with E-state index < -0.39 is 5.41 Å². The van der Waals surface area contributed by atoms with E-state index in [1.807, 2.05) is 38.1 Å². The Kier molecular flexibility index (Phi) is 7.49. The van der Waals surface area contributed by atoms with Crippen LogP contribution in [0, 0.1) is 5.41 Å². The van der Waals surface area contributed by atoms with Gasteiger partial charge in [-0.05, 0) is 38.0 Å². The standard InChI is InChI=1S/C14H22N2O2.ClH/c1-14(2,10-15)13(17)16-8-7-11-5-4-6-12(9-11)18-3;/h4-6,9H,7-8,10,15H2,1-3H3,(H,16,17);1H. The van der Waals surface area contributed by atoms with E-state index in [4.69, 9.17) is 10.5 Å². The maximum absolute atomic E-state index is 11.8. The summed E-state index contributed by atoms with van der Waals surface area (Å²) in [6.07, 6.45) is 0.781. The van der Waals surface area contributed by atoms with Crippen LogP contribution in [0.4, 0.5) is 0 Å². The number of carbonyl (C=O) groups is 1. The minimum atomic E-state index is -0.506. The van der Waals surface area contributed by atoms with Gasteiger partial charge in [0, 0.05) is 13.1 Å². The number of hydrogen-bond acceptors (Lipinski definition) is 3. The second kappa shape index (κ2) is 8.02. The number of benzene rings is 1. The Balaban J connectivity index is 0.00000324. The average Bonchev–Trinajstić information content (AvgIpc) is 2.38. The monoisotopic (exact) mass is 286 g/mol. The van der Waals surface area contributed by atoms with Gasteiger partial charge in [0.25, 0.3) is 0 Å². The number of halogens is 1. The van der Waals surface area contributed by atoms with Gasteiger partial charge in [-0.1, -0.05) is 12.1 Å². The quantitative estimate of drug-likeness (QED) is 0.837. The van der Waals surface area contributed by atoms with E-state index in [9.17, 15) is 4.79 Å². The SMILES string of the molecule is COc1cccc(CCNC(=O)C(C)(C)CN)c1.Cl. The number of nitrogens with two attached hydrogens (primary N) is 1. The third kappa shape index (κ3) is 5.49. The van der Waals surface area contributed by atoms with Gasteiger partial charge in [0.05, 0.1) is 12.5 Å². The molecular formula is C14H23ClN2O2. The molecule has 0 fully saturated rings. The summed E-state index contributed by atoms with van der Waals surface area (Å²) < 4.78 is 5.15. The molecule has 0 heterocycles. The van der Waals surface area contributed by atoms with E-state index in [0.717, 1.165) is 17.7 Å². The molecule has 4 nitrogen and oxygen atoms in total. The lowest BCUT2D eigenvalue weighted by Gasteiger charge is -2.21. The molecule has 1 aromatic carbocycles. The van der Waals surface area contributed by atoms with Gasteiger partial charge in [-0.25, -0.2) is 0 Å². The first-order valence-electron chi connectivity index (χ1n) is 6.11. The Morgan fingerprint density at radius 2 is 2.11 bits per heavy atom. The van der Waals surface area contributed by atoms with Crippen LogP contribution in [0.2, 0.25) is 0 Å². The Hall–Kier alpha value is -1.26. The summed E-state index contributed by atoms with van der Waals surface area (Å²) >= 11 is 0. The number of ether oxygens (including phenoxy) is 1. The summed E-state index contributed by atoms with van der Waals surface area (Å²) in [5, 5.41) is 2.90. The fourth-order valence-electron chi connectivity index (χ4n) is 1.48. The van der Waals surface area contributed by atoms with Gasteiger partial charge in [-0.3, -0.25) is 4.79 Å². The number of nitrogens with one attached hydrogen (secondary N) is 1. The van der Waals surface area contributed by atoms with Gasteiger partial charge < -0.3 is 15.8 Å². The molecule has 0 atom stereocenters. The van der Waals surface area contributed by atoms with Crippen LogP contribution in [-0.4, -0.2) is 26.1 Å². The molecule has 1 aromatic rings. The number of amides is 1. The van der Waals surface area contributed by atoms with Crippen LogP contribution in [0.25, 0.3) is 0 Å². The van der Waals surface area contributed by atoms with E-state index in [-0.39, 0.29) is 18.3 Å². The van der Waals surface area contributed by atoms with Gasteiger partial charge in [-0.2, -0.15) is 0 Å². The van der Waals surface area contributed by atoms with E-state index in [1.54, 1.807) is 7.11 Å². The van der Waals surface area contributed by atoms with Crippen molar-refractivity contribution in [1.82, 2.24) is 5.32 Å². The zero-order valence-corrected chi connectivity index (χ0v) is 12.5. The van der Waals surface area contributed by atoms with Gasteiger partial charge in [0.1, 0.15) is 5.75 Å². The minimum Gasteiger partial charge on any atom is -0.497 e. The van der Waals surface area contributed by atoms with E-state index in [2.05, 4.69) is 5.32 Å². The molecule has 1 amide bonds. The van der Waals surface area contributed by atoms with Crippen molar-refractivity contribution in [2.45, 2.75) is 20.3 Å². The Bertz CT molecular complexity index is 408. The topological polar surface area (TPSA) is 64.3 Å². The Labute approximate surface area is 121 Å². The zero-order chi connectivity index (χ0) is 13.6. The average molecular weight is 287 g/mol. The lowest BCUT2D eigenvalue weighted by atomic mass is 9.92. The van der Waals surface area contributed by atoms with Crippen molar-refractivity contribution in [2.24, 2.45) is 11.1 Å². The molecule has 0 aromatic heterocycles. The number of hydrogen-bond donors (Lipinski definition) is 2. The van der Waals surface area contributed by atoms with Crippen molar-refractivity contribution in [3.8, 4) is 5.75 Å². The summed E-state index contributed by atoms with van der Waals surface area (Å²) in [4.78, 5) is 11.8. The lowest BCUT2D eigenvalue weighted by Crippen LogP contribution is -2.42. The molecule has 19 heavy (non-hydrogen) atoms. The first kappa shape index (κ1) is 17.7. The molecule has 0 radical (unpaired) electrons. The molecule has 0 saturated carbocycles. The van der Waals surface area contributed by atoms with Gasteiger partial charge in [-0.15, -0.1) is 12.4 Å². The van der Waals surface area contributed by atoms with Crippen molar-refractivity contribution in [3.63, 3.8) is 0 Å². The normalized spacial score (nSPS) is 10.5. The maximum atomic E-state index is 11.8. The van der Waals surface area contributed by atoms with Crippen molar-refractivity contribution in [3.05, 3.63) is 29.8 Å². The Morgan fingerprint density at radius 3 is 2.68 bits per heavy atom. The molecule has 108 valence electrons. The number of methoxy groups -OCH3 is 1. The third-order valence-corrected chi connectivity index (χ3v) is 2.96. The van der Waals surface area contributed by atoms with E-state index in [1.165, 1.54) is 0 Å². The zero-order valence-electron chi connectivity index (χ0n) is 11.7. The summed E-state index contributed by atoms with van der Waals surface area (Å²) in [5.41, 5.74) is 6.18. The first-order valence-corrected chi connectivity index (χ1v) is 6.11. The second-order valence-electron chi connectivity index (χ2n) is 4.95. The number of carbonyl (C=O) groups excluding carboxylic acids is 1. The molecule has 3 N–H and O–H groups in total. The molecule has 0 aliphatic heterocycles. The van der Waals surface area contributed by atoms with Crippen molar-refractivity contribution < 1.29 is 9.53 Å². The first-order chi connectivity index (χ1) is 8.49. The van der Waals surface area contributed by atoms with E-state index >= 15 is 0 Å². The summed E-state index contributed by atoms with van der Waals surface area (Å²) in [6, 6.07) is 7.84.